The Bertz CT molecular complexity index is 407. The first kappa shape index (κ1) is 13.8. The molecular formula is C14H22N4O. The lowest BCUT2D eigenvalue weighted by atomic mass is 10.1. The van der Waals surface area contributed by atoms with Crippen LogP contribution >= 0.6 is 0 Å². The predicted octanol–water partition coefficient (Wildman–Crippen LogP) is 1.17. The smallest absolute Gasteiger partial charge is 0.317 e. The molecule has 2 heterocycles. The molecule has 5 heteroatoms. The molecule has 1 fully saturated rings. The Labute approximate surface area is 114 Å². The van der Waals surface area contributed by atoms with Gasteiger partial charge in [0, 0.05) is 38.6 Å². The fourth-order valence-corrected chi connectivity index (χ4v) is 2.47. The van der Waals surface area contributed by atoms with Crippen LogP contribution in [0.1, 0.15) is 12.0 Å². The minimum Gasteiger partial charge on any atom is -0.334 e. The standard InChI is InChI=1S/C14H22N4O/c1-17(2)10-13-5-7-18(11-13)14(19)16-9-12-4-3-6-15-8-12/h3-4,6,8,13H,5,7,9-11H2,1-2H3,(H,16,19)/t13-/m1/s1. The van der Waals surface area contributed by atoms with Gasteiger partial charge in [-0.3, -0.25) is 4.98 Å². The summed E-state index contributed by atoms with van der Waals surface area (Å²) in [5.74, 6) is 0.596. The second-order valence-electron chi connectivity index (χ2n) is 5.38. The monoisotopic (exact) mass is 262 g/mol. The van der Waals surface area contributed by atoms with Gasteiger partial charge in [-0.05, 0) is 38.1 Å². The molecule has 1 aromatic rings. The number of pyridine rings is 1. The van der Waals surface area contributed by atoms with E-state index in [9.17, 15) is 4.79 Å². The van der Waals surface area contributed by atoms with Crippen molar-refractivity contribution < 1.29 is 4.79 Å². The molecule has 5 nitrogen and oxygen atoms in total. The van der Waals surface area contributed by atoms with E-state index in [1.807, 2.05) is 17.0 Å². The van der Waals surface area contributed by atoms with E-state index >= 15 is 0 Å². The summed E-state index contributed by atoms with van der Waals surface area (Å²) < 4.78 is 0. The molecule has 0 unspecified atom stereocenters. The molecule has 2 amide bonds. The summed E-state index contributed by atoms with van der Waals surface area (Å²) in [4.78, 5) is 20.2. The van der Waals surface area contributed by atoms with Crippen LogP contribution in [0, 0.1) is 5.92 Å². The number of hydrogen-bond donors (Lipinski definition) is 1. The lowest BCUT2D eigenvalue weighted by Crippen LogP contribution is -2.38. The first-order valence-electron chi connectivity index (χ1n) is 6.71. The maximum atomic E-state index is 12.0. The van der Waals surface area contributed by atoms with Crippen LogP contribution in [-0.4, -0.2) is 54.5 Å². The molecular weight excluding hydrogens is 240 g/mol. The van der Waals surface area contributed by atoms with Gasteiger partial charge in [0.05, 0.1) is 0 Å². The van der Waals surface area contributed by atoms with E-state index in [2.05, 4.69) is 29.3 Å². The number of carbonyl (C=O) groups is 1. The van der Waals surface area contributed by atoms with Crippen molar-refractivity contribution in [1.29, 1.82) is 0 Å². The fraction of sp³-hybridized carbons (Fsp3) is 0.571. The van der Waals surface area contributed by atoms with Gasteiger partial charge in [-0.15, -0.1) is 0 Å². The summed E-state index contributed by atoms with van der Waals surface area (Å²) in [6.45, 7) is 3.31. The minimum absolute atomic E-state index is 0.0325. The van der Waals surface area contributed by atoms with Gasteiger partial charge < -0.3 is 15.1 Å². The number of likely N-dealkylation sites (tertiary alicyclic amines) is 1. The molecule has 1 aliphatic rings. The van der Waals surface area contributed by atoms with Gasteiger partial charge in [-0.1, -0.05) is 6.07 Å². The molecule has 0 radical (unpaired) electrons. The van der Waals surface area contributed by atoms with Crippen molar-refractivity contribution in [3.8, 4) is 0 Å². The molecule has 19 heavy (non-hydrogen) atoms. The molecule has 1 N–H and O–H groups in total. The van der Waals surface area contributed by atoms with Crippen molar-refractivity contribution in [3.63, 3.8) is 0 Å². The third-order valence-corrected chi connectivity index (χ3v) is 3.36. The molecule has 1 aromatic heterocycles. The summed E-state index contributed by atoms with van der Waals surface area (Å²) in [5.41, 5.74) is 1.03. The predicted molar refractivity (Wildman–Crippen MR) is 74.7 cm³/mol. The summed E-state index contributed by atoms with van der Waals surface area (Å²) >= 11 is 0. The molecule has 0 aromatic carbocycles. The van der Waals surface area contributed by atoms with Crippen LogP contribution < -0.4 is 5.32 Å². The van der Waals surface area contributed by atoms with Gasteiger partial charge in [0.1, 0.15) is 0 Å². The van der Waals surface area contributed by atoms with Crippen molar-refractivity contribution in [2.45, 2.75) is 13.0 Å². The molecule has 104 valence electrons. The van der Waals surface area contributed by atoms with E-state index in [0.717, 1.165) is 31.6 Å². The van der Waals surface area contributed by atoms with Gasteiger partial charge in [0.2, 0.25) is 0 Å². The van der Waals surface area contributed by atoms with Crippen LogP contribution in [0.15, 0.2) is 24.5 Å². The molecule has 2 rings (SSSR count). The molecule has 0 aliphatic carbocycles. The van der Waals surface area contributed by atoms with Crippen LogP contribution in [-0.2, 0) is 6.54 Å². The number of nitrogens with zero attached hydrogens (tertiary/aromatic N) is 3. The largest absolute Gasteiger partial charge is 0.334 e. The highest BCUT2D eigenvalue weighted by molar-refractivity contribution is 5.74. The minimum atomic E-state index is 0.0325. The van der Waals surface area contributed by atoms with Gasteiger partial charge in [-0.25, -0.2) is 4.79 Å². The van der Waals surface area contributed by atoms with E-state index in [1.165, 1.54) is 0 Å². The number of nitrogens with one attached hydrogen (secondary N) is 1. The number of carbonyl (C=O) groups excluding carboxylic acids is 1. The highest BCUT2D eigenvalue weighted by Crippen LogP contribution is 2.16. The van der Waals surface area contributed by atoms with E-state index < -0.39 is 0 Å². The van der Waals surface area contributed by atoms with E-state index in [1.54, 1.807) is 12.4 Å². The van der Waals surface area contributed by atoms with E-state index in [0.29, 0.717) is 12.5 Å². The van der Waals surface area contributed by atoms with Gasteiger partial charge in [-0.2, -0.15) is 0 Å². The fourth-order valence-electron chi connectivity index (χ4n) is 2.47. The van der Waals surface area contributed by atoms with Gasteiger partial charge >= 0.3 is 6.03 Å². The Balaban J connectivity index is 1.75. The molecule has 0 bridgehead atoms. The summed E-state index contributed by atoms with van der Waals surface area (Å²) in [5, 5.41) is 2.95. The van der Waals surface area contributed by atoms with Crippen LogP contribution in [0.25, 0.3) is 0 Å². The second-order valence-corrected chi connectivity index (χ2v) is 5.38. The maximum Gasteiger partial charge on any atom is 0.317 e. The molecule has 0 spiro atoms. The van der Waals surface area contributed by atoms with Crippen LogP contribution in [0.5, 0.6) is 0 Å². The number of rotatable bonds is 4. The Morgan fingerprint density at radius 2 is 2.42 bits per heavy atom. The zero-order valence-corrected chi connectivity index (χ0v) is 11.7. The molecule has 0 saturated carbocycles. The normalized spacial score (nSPS) is 18.9. The second kappa shape index (κ2) is 6.52. The summed E-state index contributed by atoms with van der Waals surface area (Å²) in [7, 11) is 4.15. The van der Waals surface area contributed by atoms with Crippen molar-refractivity contribution in [2.24, 2.45) is 5.92 Å². The number of urea groups is 1. The first-order valence-corrected chi connectivity index (χ1v) is 6.71. The zero-order chi connectivity index (χ0) is 13.7. The average Bonchev–Trinajstić information content (AvgIpc) is 2.85. The topological polar surface area (TPSA) is 48.5 Å². The third-order valence-electron chi connectivity index (χ3n) is 3.36. The van der Waals surface area contributed by atoms with E-state index in [-0.39, 0.29) is 6.03 Å². The van der Waals surface area contributed by atoms with Crippen molar-refractivity contribution >= 4 is 6.03 Å². The zero-order valence-electron chi connectivity index (χ0n) is 11.7. The lowest BCUT2D eigenvalue weighted by molar-refractivity contribution is 0.205. The van der Waals surface area contributed by atoms with Crippen LogP contribution in [0.3, 0.4) is 0 Å². The third kappa shape index (κ3) is 4.21. The van der Waals surface area contributed by atoms with Crippen molar-refractivity contribution in [2.75, 3.05) is 33.7 Å². The number of hydrogen-bond acceptors (Lipinski definition) is 3. The van der Waals surface area contributed by atoms with Crippen molar-refractivity contribution in [1.82, 2.24) is 20.1 Å². The number of aromatic nitrogens is 1. The van der Waals surface area contributed by atoms with Gasteiger partial charge in [0.25, 0.3) is 0 Å². The summed E-state index contributed by atoms with van der Waals surface area (Å²) in [6.07, 6.45) is 4.61. The van der Waals surface area contributed by atoms with Crippen LogP contribution in [0.2, 0.25) is 0 Å². The Hall–Kier alpha value is -1.62. The molecule has 1 atom stereocenters. The number of amides is 2. The average molecular weight is 262 g/mol. The van der Waals surface area contributed by atoms with Crippen LogP contribution in [0.4, 0.5) is 4.79 Å². The van der Waals surface area contributed by atoms with Crippen molar-refractivity contribution in [3.05, 3.63) is 30.1 Å². The lowest BCUT2D eigenvalue weighted by Gasteiger charge is -2.19. The SMILES string of the molecule is CN(C)C[C@H]1CCN(C(=O)NCc2cccnc2)C1. The van der Waals surface area contributed by atoms with E-state index in [4.69, 9.17) is 0 Å². The maximum absolute atomic E-state index is 12.0. The molecule has 1 saturated heterocycles. The first-order chi connectivity index (χ1) is 9.15. The Morgan fingerprint density at radius 3 is 3.11 bits per heavy atom. The van der Waals surface area contributed by atoms with Gasteiger partial charge in [0.15, 0.2) is 0 Å². The highest BCUT2D eigenvalue weighted by Gasteiger charge is 2.26. The Morgan fingerprint density at radius 1 is 1.58 bits per heavy atom. The summed E-state index contributed by atoms with van der Waals surface area (Å²) in [6, 6.07) is 3.88. The highest BCUT2D eigenvalue weighted by atomic mass is 16.2. The molecule has 1 aliphatic heterocycles. The quantitative estimate of drug-likeness (QED) is 0.886. The Kier molecular flexibility index (Phi) is 4.74.